The Morgan fingerprint density at radius 2 is 1.80 bits per heavy atom. The molecule has 1 amide bonds. The van der Waals surface area contributed by atoms with Crippen molar-refractivity contribution < 1.29 is 23.2 Å². The summed E-state index contributed by atoms with van der Waals surface area (Å²) in [5.74, 6) is 1.17. The van der Waals surface area contributed by atoms with E-state index in [9.17, 15) is 9.36 Å². The molecule has 0 spiro atoms. The molecule has 20 heavy (non-hydrogen) atoms. The van der Waals surface area contributed by atoms with Crippen molar-refractivity contribution in [2.75, 3.05) is 26.4 Å². The van der Waals surface area contributed by atoms with Gasteiger partial charge in [-0.2, -0.15) is 0 Å². The van der Waals surface area contributed by atoms with Gasteiger partial charge in [-0.05, 0) is 20.3 Å². The first-order chi connectivity index (χ1) is 9.49. The molecular formula is C13H26NO5P. The summed E-state index contributed by atoms with van der Waals surface area (Å²) in [5.41, 5.74) is 0. The van der Waals surface area contributed by atoms with Gasteiger partial charge in [0.1, 0.15) is 0 Å². The van der Waals surface area contributed by atoms with Gasteiger partial charge in [-0.1, -0.05) is 19.4 Å². The summed E-state index contributed by atoms with van der Waals surface area (Å²) in [7, 11) is -3.21. The van der Waals surface area contributed by atoms with E-state index in [1.165, 1.54) is 17.8 Å². The SMILES string of the molecule is CCCCON(C/C=C\P(=O)(OCC)OCC)C(C)=O. The second kappa shape index (κ2) is 11.0. The van der Waals surface area contributed by atoms with Gasteiger partial charge in [0.2, 0.25) is 5.91 Å². The van der Waals surface area contributed by atoms with E-state index in [4.69, 9.17) is 13.9 Å². The maximum atomic E-state index is 12.1. The molecule has 0 aliphatic carbocycles. The second-order valence-corrected chi connectivity index (χ2v) is 5.92. The number of nitrogens with zero attached hydrogens (tertiary/aromatic N) is 1. The van der Waals surface area contributed by atoms with E-state index in [-0.39, 0.29) is 12.5 Å². The number of amides is 1. The van der Waals surface area contributed by atoms with Crippen LogP contribution in [0.5, 0.6) is 0 Å². The molecule has 7 heteroatoms. The minimum absolute atomic E-state index is 0.201. The topological polar surface area (TPSA) is 65.1 Å². The fourth-order valence-corrected chi connectivity index (χ4v) is 2.67. The third kappa shape index (κ3) is 8.48. The van der Waals surface area contributed by atoms with Crippen LogP contribution in [-0.4, -0.2) is 37.3 Å². The Hall–Kier alpha value is -0.680. The molecule has 6 nitrogen and oxygen atoms in total. The van der Waals surface area contributed by atoms with Crippen molar-refractivity contribution in [3.8, 4) is 0 Å². The molecule has 118 valence electrons. The molecule has 0 heterocycles. The molecule has 0 aromatic heterocycles. The number of carbonyl (C=O) groups excluding carboxylic acids is 1. The van der Waals surface area contributed by atoms with Crippen LogP contribution >= 0.6 is 7.60 Å². The van der Waals surface area contributed by atoms with Gasteiger partial charge >= 0.3 is 7.60 Å². The van der Waals surface area contributed by atoms with Crippen LogP contribution in [0.1, 0.15) is 40.5 Å². The Balaban J connectivity index is 4.45. The Labute approximate surface area is 121 Å². The third-order valence-corrected chi connectivity index (χ3v) is 4.09. The summed E-state index contributed by atoms with van der Waals surface area (Å²) in [6, 6.07) is 0. The zero-order valence-corrected chi connectivity index (χ0v) is 13.7. The number of hydrogen-bond donors (Lipinski definition) is 0. The van der Waals surface area contributed by atoms with E-state index in [1.807, 2.05) is 6.92 Å². The summed E-state index contributed by atoms with van der Waals surface area (Å²) in [6.45, 7) is 8.24. The van der Waals surface area contributed by atoms with Gasteiger partial charge in [-0.25, -0.2) is 5.06 Å². The van der Waals surface area contributed by atoms with Gasteiger partial charge in [-0.3, -0.25) is 14.2 Å². The largest absolute Gasteiger partial charge is 0.353 e. The summed E-state index contributed by atoms with van der Waals surface area (Å²) in [5, 5.41) is 1.23. The summed E-state index contributed by atoms with van der Waals surface area (Å²) < 4.78 is 22.4. The molecule has 0 aromatic rings. The lowest BCUT2D eigenvalue weighted by Crippen LogP contribution is -2.29. The van der Waals surface area contributed by atoms with Gasteiger partial charge in [0, 0.05) is 12.7 Å². The standard InChI is InChI=1S/C13H26NO5P/c1-5-8-11-17-14(13(4)15)10-9-12-20(16,18-6-2)19-7-3/h9,12H,5-8,10-11H2,1-4H3/b12-9-. The Bertz CT molecular complexity index is 336. The van der Waals surface area contributed by atoms with E-state index in [2.05, 4.69) is 0 Å². The van der Waals surface area contributed by atoms with Crippen molar-refractivity contribution in [3.63, 3.8) is 0 Å². The molecule has 0 bridgehead atoms. The lowest BCUT2D eigenvalue weighted by molar-refractivity contribution is -0.181. The Kier molecular flexibility index (Phi) is 10.7. The lowest BCUT2D eigenvalue weighted by atomic mass is 10.4. The molecule has 0 unspecified atom stereocenters. The molecule has 0 fully saturated rings. The smallest absolute Gasteiger partial charge is 0.306 e. The highest BCUT2D eigenvalue weighted by molar-refractivity contribution is 7.57. The summed E-state index contributed by atoms with van der Waals surface area (Å²) in [4.78, 5) is 16.7. The minimum Gasteiger partial charge on any atom is -0.306 e. The molecule has 0 saturated carbocycles. The van der Waals surface area contributed by atoms with Gasteiger partial charge in [0.25, 0.3) is 0 Å². The van der Waals surface area contributed by atoms with Crippen molar-refractivity contribution in [3.05, 3.63) is 11.9 Å². The molecule has 0 aliphatic rings. The molecule has 0 aromatic carbocycles. The van der Waals surface area contributed by atoms with Crippen molar-refractivity contribution in [2.45, 2.75) is 40.5 Å². The first-order valence-corrected chi connectivity index (χ1v) is 8.57. The average Bonchev–Trinajstić information content (AvgIpc) is 2.37. The molecular weight excluding hydrogens is 281 g/mol. The lowest BCUT2D eigenvalue weighted by Gasteiger charge is -2.19. The van der Waals surface area contributed by atoms with Crippen LogP contribution in [0.3, 0.4) is 0 Å². The van der Waals surface area contributed by atoms with Crippen LogP contribution in [-0.2, 0) is 23.2 Å². The maximum Gasteiger partial charge on any atom is 0.353 e. The zero-order valence-electron chi connectivity index (χ0n) is 12.8. The minimum atomic E-state index is -3.21. The normalized spacial score (nSPS) is 12.0. The quantitative estimate of drug-likeness (QED) is 0.333. The monoisotopic (exact) mass is 307 g/mol. The van der Waals surface area contributed by atoms with Gasteiger partial charge < -0.3 is 9.05 Å². The van der Waals surface area contributed by atoms with Gasteiger partial charge in [0.05, 0.1) is 26.4 Å². The van der Waals surface area contributed by atoms with Crippen LogP contribution < -0.4 is 0 Å². The highest BCUT2D eigenvalue weighted by atomic mass is 31.2. The van der Waals surface area contributed by atoms with Crippen LogP contribution in [0.15, 0.2) is 11.9 Å². The number of hydrogen-bond acceptors (Lipinski definition) is 5. The fraction of sp³-hybridized carbons (Fsp3) is 0.769. The van der Waals surface area contributed by atoms with Gasteiger partial charge in [0.15, 0.2) is 0 Å². The molecule has 0 atom stereocenters. The van der Waals surface area contributed by atoms with Gasteiger partial charge in [-0.15, -0.1) is 0 Å². The summed E-state index contributed by atoms with van der Waals surface area (Å²) in [6.07, 6.45) is 3.44. The predicted molar refractivity (Wildman–Crippen MR) is 78.2 cm³/mol. The zero-order chi connectivity index (χ0) is 15.4. The highest BCUT2D eigenvalue weighted by Gasteiger charge is 2.19. The van der Waals surface area contributed by atoms with Crippen molar-refractivity contribution in [1.82, 2.24) is 5.06 Å². The fourth-order valence-electron chi connectivity index (χ4n) is 1.35. The van der Waals surface area contributed by atoms with Crippen LogP contribution in [0.4, 0.5) is 0 Å². The molecule has 0 N–H and O–H groups in total. The number of carbonyl (C=O) groups is 1. The predicted octanol–water partition coefficient (Wildman–Crippen LogP) is 3.35. The van der Waals surface area contributed by atoms with Crippen molar-refractivity contribution in [2.24, 2.45) is 0 Å². The maximum absolute atomic E-state index is 12.1. The highest BCUT2D eigenvalue weighted by Crippen LogP contribution is 2.49. The number of hydroxylamine groups is 2. The van der Waals surface area contributed by atoms with Crippen LogP contribution in [0.25, 0.3) is 0 Å². The first-order valence-electron chi connectivity index (χ1n) is 6.96. The van der Waals surface area contributed by atoms with Crippen molar-refractivity contribution >= 4 is 13.5 Å². The Morgan fingerprint density at radius 1 is 1.20 bits per heavy atom. The van der Waals surface area contributed by atoms with Crippen LogP contribution in [0.2, 0.25) is 0 Å². The molecule has 0 saturated heterocycles. The molecule has 0 radical (unpaired) electrons. The first kappa shape index (κ1) is 19.3. The van der Waals surface area contributed by atoms with E-state index >= 15 is 0 Å². The molecule has 0 rings (SSSR count). The average molecular weight is 307 g/mol. The van der Waals surface area contributed by atoms with E-state index in [0.29, 0.717) is 19.8 Å². The second-order valence-electron chi connectivity index (χ2n) is 4.03. The third-order valence-electron chi connectivity index (χ3n) is 2.27. The summed E-state index contributed by atoms with van der Waals surface area (Å²) >= 11 is 0. The number of rotatable bonds is 11. The Morgan fingerprint density at radius 3 is 2.25 bits per heavy atom. The number of unbranched alkanes of at least 4 members (excludes halogenated alkanes) is 1. The van der Waals surface area contributed by atoms with Crippen LogP contribution in [0, 0.1) is 0 Å². The van der Waals surface area contributed by atoms with E-state index in [1.54, 1.807) is 19.9 Å². The van der Waals surface area contributed by atoms with Crippen molar-refractivity contribution in [1.29, 1.82) is 0 Å². The molecule has 0 aliphatic heterocycles. The van der Waals surface area contributed by atoms with E-state index < -0.39 is 7.60 Å². The van der Waals surface area contributed by atoms with E-state index in [0.717, 1.165) is 12.8 Å².